The molecule has 2 aromatic carbocycles. The summed E-state index contributed by atoms with van der Waals surface area (Å²) in [6.45, 7) is 8.42. The minimum atomic E-state index is -0.374. The van der Waals surface area contributed by atoms with Crippen LogP contribution in [0.2, 0.25) is 0 Å². The lowest BCUT2D eigenvalue weighted by Gasteiger charge is -2.34. The first-order valence-corrected chi connectivity index (χ1v) is 10.5. The molecule has 0 N–H and O–H groups in total. The highest BCUT2D eigenvalue weighted by Crippen LogP contribution is 2.38. The average molecular weight is 417 g/mol. The van der Waals surface area contributed by atoms with E-state index in [9.17, 15) is 14.9 Å². The van der Waals surface area contributed by atoms with Gasteiger partial charge in [-0.15, -0.1) is 0 Å². The van der Waals surface area contributed by atoms with E-state index in [-0.39, 0.29) is 30.1 Å². The molecular weight excluding hydrogens is 388 g/mol. The van der Waals surface area contributed by atoms with Crippen molar-refractivity contribution in [2.75, 3.05) is 6.61 Å². The first-order valence-electron chi connectivity index (χ1n) is 10.5. The largest absolute Gasteiger partial charge is 0.462 e. The fraction of sp³-hybridized carbons (Fsp3) is 0.346. The van der Waals surface area contributed by atoms with Crippen LogP contribution in [0.4, 0.5) is 0 Å². The number of rotatable bonds is 6. The van der Waals surface area contributed by atoms with Crippen molar-refractivity contribution in [1.82, 2.24) is 4.90 Å². The molecule has 2 aromatic rings. The monoisotopic (exact) mass is 416 g/mol. The van der Waals surface area contributed by atoms with E-state index in [1.54, 1.807) is 30.0 Å². The van der Waals surface area contributed by atoms with Crippen molar-refractivity contribution in [2.24, 2.45) is 5.92 Å². The average Bonchev–Trinajstić information content (AvgIpc) is 2.74. The van der Waals surface area contributed by atoms with Gasteiger partial charge in [-0.2, -0.15) is 5.26 Å². The number of allylic oxidation sites excluding steroid dienone is 1. The molecule has 0 aromatic heterocycles. The number of amides is 1. The molecule has 3 rings (SSSR count). The molecule has 0 spiro atoms. The summed E-state index contributed by atoms with van der Waals surface area (Å²) in [7, 11) is 0. The number of ether oxygens (including phenoxy) is 1. The fourth-order valence-electron chi connectivity index (χ4n) is 3.88. The van der Waals surface area contributed by atoms with E-state index in [1.807, 2.05) is 51.1 Å². The molecule has 1 aliphatic heterocycles. The van der Waals surface area contributed by atoms with Gasteiger partial charge in [0.2, 0.25) is 5.91 Å². The molecule has 0 bridgehead atoms. The molecule has 1 amide bonds. The SMILES string of the molecule is CC1=C(C(=O)OCC(C)C)C(c2cccc(C)c2)CC(=O)N1Cc1cccc(C#N)c1. The minimum Gasteiger partial charge on any atom is -0.462 e. The van der Waals surface area contributed by atoms with Gasteiger partial charge in [-0.1, -0.05) is 55.8 Å². The second kappa shape index (κ2) is 9.61. The highest BCUT2D eigenvalue weighted by atomic mass is 16.5. The Morgan fingerprint density at radius 3 is 2.61 bits per heavy atom. The van der Waals surface area contributed by atoms with Crippen LogP contribution in [-0.2, 0) is 20.9 Å². The first-order chi connectivity index (χ1) is 14.8. The number of nitriles is 1. The number of carbonyl (C=O) groups is 2. The van der Waals surface area contributed by atoms with E-state index in [0.29, 0.717) is 30.0 Å². The van der Waals surface area contributed by atoms with E-state index >= 15 is 0 Å². The van der Waals surface area contributed by atoms with Gasteiger partial charge < -0.3 is 9.64 Å². The van der Waals surface area contributed by atoms with Crippen LogP contribution in [0, 0.1) is 24.2 Å². The van der Waals surface area contributed by atoms with Gasteiger partial charge in [0.15, 0.2) is 0 Å². The third kappa shape index (κ3) is 5.21. The third-order valence-electron chi connectivity index (χ3n) is 5.43. The molecule has 1 aliphatic rings. The summed E-state index contributed by atoms with van der Waals surface area (Å²) < 4.78 is 5.59. The quantitative estimate of drug-likeness (QED) is 0.631. The number of nitrogens with zero attached hydrogens (tertiary/aromatic N) is 2. The summed E-state index contributed by atoms with van der Waals surface area (Å²) in [6.07, 6.45) is 0.199. The summed E-state index contributed by atoms with van der Waals surface area (Å²) in [5.41, 5.74) is 4.54. The summed E-state index contributed by atoms with van der Waals surface area (Å²) in [5, 5.41) is 9.17. The Labute approximate surface area is 183 Å². The van der Waals surface area contributed by atoms with Crippen molar-refractivity contribution in [3.63, 3.8) is 0 Å². The minimum absolute atomic E-state index is 0.0493. The Morgan fingerprint density at radius 1 is 1.19 bits per heavy atom. The van der Waals surface area contributed by atoms with Crippen LogP contribution in [0.3, 0.4) is 0 Å². The lowest BCUT2D eigenvalue weighted by atomic mass is 9.83. The first kappa shape index (κ1) is 22.3. The van der Waals surface area contributed by atoms with Crippen molar-refractivity contribution in [3.8, 4) is 6.07 Å². The van der Waals surface area contributed by atoms with E-state index < -0.39 is 0 Å². The summed E-state index contributed by atoms with van der Waals surface area (Å²) >= 11 is 0. The van der Waals surface area contributed by atoms with Gasteiger partial charge in [-0.25, -0.2) is 4.79 Å². The predicted molar refractivity (Wildman–Crippen MR) is 119 cm³/mol. The lowest BCUT2D eigenvalue weighted by molar-refractivity contribution is -0.141. The normalized spacial score (nSPS) is 16.5. The van der Waals surface area contributed by atoms with Crippen LogP contribution in [0.5, 0.6) is 0 Å². The zero-order chi connectivity index (χ0) is 22.5. The Kier molecular flexibility index (Phi) is 6.91. The molecule has 0 radical (unpaired) electrons. The van der Waals surface area contributed by atoms with Crippen molar-refractivity contribution in [1.29, 1.82) is 5.26 Å². The zero-order valence-corrected chi connectivity index (χ0v) is 18.5. The van der Waals surface area contributed by atoms with Crippen LogP contribution < -0.4 is 0 Å². The summed E-state index contributed by atoms with van der Waals surface area (Å²) in [6, 6.07) is 17.2. The second-order valence-electron chi connectivity index (χ2n) is 8.45. The lowest BCUT2D eigenvalue weighted by Crippen LogP contribution is -2.38. The van der Waals surface area contributed by atoms with E-state index in [1.165, 1.54) is 0 Å². The molecule has 160 valence electrons. The van der Waals surface area contributed by atoms with Crippen molar-refractivity contribution in [3.05, 3.63) is 82.1 Å². The summed E-state index contributed by atoms with van der Waals surface area (Å²) in [4.78, 5) is 27.9. The van der Waals surface area contributed by atoms with E-state index in [2.05, 4.69) is 6.07 Å². The molecule has 5 heteroatoms. The van der Waals surface area contributed by atoms with Crippen molar-refractivity contribution < 1.29 is 14.3 Å². The Hall–Kier alpha value is -3.39. The second-order valence-corrected chi connectivity index (χ2v) is 8.45. The molecule has 0 saturated carbocycles. The van der Waals surface area contributed by atoms with Gasteiger partial charge >= 0.3 is 5.97 Å². The van der Waals surface area contributed by atoms with Crippen LogP contribution in [0.15, 0.2) is 59.8 Å². The third-order valence-corrected chi connectivity index (χ3v) is 5.43. The molecule has 1 unspecified atom stereocenters. The maximum absolute atomic E-state index is 13.1. The topological polar surface area (TPSA) is 70.4 Å². The maximum atomic E-state index is 13.1. The molecular formula is C26H28N2O3. The number of hydrogen-bond acceptors (Lipinski definition) is 4. The zero-order valence-electron chi connectivity index (χ0n) is 18.5. The van der Waals surface area contributed by atoms with Gasteiger partial charge in [0, 0.05) is 18.0 Å². The number of hydrogen-bond donors (Lipinski definition) is 0. The van der Waals surface area contributed by atoms with Crippen LogP contribution in [0.25, 0.3) is 0 Å². The number of benzene rings is 2. The number of esters is 1. The summed E-state index contributed by atoms with van der Waals surface area (Å²) in [5.74, 6) is -0.543. The van der Waals surface area contributed by atoms with E-state index in [0.717, 1.165) is 16.7 Å². The van der Waals surface area contributed by atoms with Gasteiger partial charge in [-0.05, 0) is 43.0 Å². The standard InChI is InChI=1S/C26H28N2O3/c1-17(2)16-31-26(30)25-19(4)28(15-21-9-6-8-20(12-21)14-27)24(29)13-23(25)22-10-5-7-18(3)11-22/h5-12,17,23H,13,15-16H2,1-4H3. The molecule has 0 aliphatic carbocycles. The molecule has 0 saturated heterocycles. The van der Waals surface area contributed by atoms with Gasteiger partial charge in [0.05, 0.1) is 30.4 Å². The van der Waals surface area contributed by atoms with Crippen LogP contribution in [0.1, 0.15) is 55.4 Å². The molecule has 31 heavy (non-hydrogen) atoms. The predicted octanol–water partition coefficient (Wildman–Crippen LogP) is 4.86. The molecule has 1 atom stereocenters. The number of carbonyl (C=O) groups excluding carboxylic acids is 2. The molecule has 0 fully saturated rings. The Morgan fingerprint density at radius 2 is 1.94 bits per heavy atom. The van der Waals surface area contributed by atoms with E-state index in [4.69, 9.17) is 4.74 Å². The van der Waals surface area contributed by atoms with Crippen LogP contribution in [-0.4, -0.2) is 23.4 Å². The van der Waals surface area contributed by atoms with Gasteiger partial charge in [0.1, 0.15) is 0 Å². The highest BCUT2D eigenvalue weighted by molar-refractivity contribution is 5.95. The van der Waals surface area contributed by atoms with Crippen molar-refractivity contribution >= 4 is 11.9 Å². The fourth-order valence-corrected chi connectivity index (χ4v) is 3.88. The molecule has 5 nitrogen and oxygen atoms in total. The highest BCUT2D eigenvalue weighted by Gasteiger charge is 2.37. The maximum Gasteiger partial charge on any atom is 0.336 e. The smallest absolute Gasteiger partial charge is 0.336 e. The van der Waals surface area contributed by atoms with Crippen molar-refractivity contribution in [2.45, 2.75) is 46.6 Å². The van der Waals surface area contributed by atoms with Gasteiger partial charge in [-0.3, -0.25) is 4.79 Å². The Balaban J connectivity index is 2.02. The van der Waals surface area contributed by atoms with Crippen LogP contribution >= 0.6 is 0 Å². The van der Waals surface area contributed by atoms with Gasteiger partial charge in [0.25, 0.3) is 0 Å². The Bertz CT molecular complexity index is 1060. The molecule has 1 heterocycles. The number of aryl methyl sites for hydroxylation is 1.